The van der Waals surface area contributed by atoms with Crippen molar-refractivity contribution in [1.29, 1.82) is 0 Å². The Balaban J connectivity index is 2.79. The van der Waals surface area contributed by atoms with Crippen molar-refractivity contribution in [2.24, 2.45) is 5.73 Å². The first-order chi connectivity index (χ1) is 8.34. The zero-order valence-electron chi connectivity index (χ0n) is 9.87. The van der Waals surface area contributed by atoms with Gasteiger partial charge in [0.1, 0.15) is 5.82 Å². The van der Waals surface area contributed by atoms with Crippen LogP contribution >= 0.6 is 12.2 Å². The van der Waals surface area contributed by atoms with Gasteiger partial charge in [-0.3, -0.25) is 0 Å². The van der Waals surface area contributed by atoms with Gasteiger partial charge in [-0.05, 0) is 19.1 Å². The summed E-state index contributed by atoms with van der Waals surface area (Å²) in [4.78, 5) is 6.01. The van der Waals surface area contributed by atoms with Gasteiger partial charge in [0.25, 0.3) is 0 Å². The first kappa shape index (κ1) is 14.7. The monoisotopic (exact) mass is 277 g/mol. The summed E-state index contributed by atoms with van der Waals surface area (Å²) in [7, 11) is 0. The molecule has 0 aliphatic heterocycles. The molecule has 0 amide bonds. The minimum absolute atomic E-state index is 0.375. The largest absolute Gasteiger partial charge is 0.417 e. The van der Waals surface area contributed by atoms with E-state index in [9.17, 15) is 13.2 Å². The molecule has 1 aromatic rings. The zero-order valence-corrected chi connectivity index (χ0v) is 10.7. The minimum atomic E-state index is -4.36. The van der Waals surface area contributed by atoms with Crippen LogP contribution in [0.1, 0.15) is 18.9 Å². The van der Waals surface area contributed by atoms with E-state index >= 15 is 0 Å². The number of hydrogen-bond donors (Lipinski definition) is 1. The molecule has 0 bridgehead atoms. The van der Waals surface area contributed by atoms with Crippen molar-refractivity contribution >= 4 is 23.0 Å². The van der Waals surface area contributed by atoms with E-state index in [1.807, 2.05) is 11.8 Å². The molecule has 1 aromatic heterocycles. The Morgan fingerprint density at radius 1 is 1.44 bits per heavy atom. The summed E-state index contributed by atoms with van der Waals surface area (Å²) in [6.07, 6.45) is -3.02. The van der Waals surface area contributed by atoms with Crippen molar-refractivity contribution in [2.45, 2.75) is 19.5 Å². The van der Waals surface area contributed by atoms with E-state index < -0.39 is 11.7 Å². The first-order valence-electron chi connectivity index (χ1n) is 5.41. The summed E-state index contributed by atoms with van der Waals surface area (Å²) >= 11 is 4.76. The Morgan fingerprint density at radius 3 is 2.50 bits per heavy atom. The van der Waals surface area contributed by atoms with E-state index in [1.165, 1.54) is 6.07 Å². The molecular formula is C11H14F3N3S. The van der Waals surface area contributed by atoms with Crippen LogP contribution < -0.4 is 10.6 Å². The lowest BCUT2D eigenvalue weighted by Crippen LogP contribution is -2.28. The van der Waals surface area contributed by atoms with Crippen molar-refractivity contribution < 1.29 is 13.2 Å². The first-order valence-corrected chi connectivity index (χ1v) is 5.82. The lowest BCUT2D eigenvalue weighted by molar-refractivity contribution is -0.137. The van der Waals surface area contributed by atoms with E-state index in [2.05, 4.69) is 4.98 Å². The van der Waals surface area contributed by atoms with E-state index in [0.717, 1.165) is 12.3 Å². The second-order valence-corrected chi connectivity index (χ2v) is 4.22. The fourth-order valence-corrected chi connectivity index (χ4v) is 1.51. The van der Waals surface area contributed by atoms with Crippen molar-refractivity contribution in [2.75, 3.05) is 18.0 Å². The molecule has 0 aromatic carbocycles. The molecular weight excluding hydrogens is 263 g/mol. The lowest BCUT2D eigenvalue weighted by Gasteiger charge is -2.21. The summed E-state index contributed by atoms with van der Waals surface area (Å²) < 4.78 is 37.1. The van der Waals surface area contributed by atoms with Gasteiger partial charge in [0.05, 0.1) is 10.6 Å². The standard InChI is InChI=1S/C11H14F3N3S/c1-2-17(6-5-9(15)18)10-4-3-8(7-16-10)11(12,13)14/h3-4,7H,2,5-6H2,1H3,(H2,15,18). The molecule has 0 aliphatic carbocycles. The molecule has 7 heteroatoms. The molecule has 2 N–H and O–H groups in total. The maximum Gasteiger partial charge on any atom is 0.417 e. The molecule has 0 saturated heterocycles. The second-order valence-electron chi connectivity index (χ2n) is 3.70. The second kappa shape index (κ2) is 5.99. The van der Waals surface area contributed by atoms with Crippen molar-refractivity contribution in [3.05, 3.63) is 23.9 Å². The van der Waals surface area contributed by atoms with E-state index in [0.29, 0.717) is 30.3 Å². The van der Waals surface area contributed by atoms with Crippen molar-refractivity contribution in [3.63, 3.8) is 0 Å². The predicted molar refractivity (Wildman–Crippen MR) is 68.5 cm³/mol. The van der Waals surface area contributed by atoms with Crippen LogP contribution in [-0.4, -0.2) is 23.1 Å². The number of nitrogens with two attached hydrogens (primary N) is 1. The smallest absolute Gasteiger partial charge is 0.393 e. The number of nitrogens with zero attached hydrogens (tertiary/aromatic N) is 2. The molecule has 3 nitrogen and oxygen atoms in total. The molecule has 0 unspecified atom stereocenters. The molecule has 0 aliphatic rings. The summed E-state index contributed by atoms with van der Waals surface area (Å²) in [5, 5.41) is 0. The van der Waals surface area contributed by atoms with Crippen LogP contribution in [0.15, 0.2) is 18.3 Å². The third-order valence-electron chi connectivity index (χ3n) is 2.41. The van der Waals surface area contributed by atoms with Crippen molar-refractivity contribution in [1.82, 2.24) is 4.98 Å². The highest BCUT2D eigenvalue weighted by Crippen LogP contribution is 2.29. The van der Waals surface area contributed by atoms with Crippen LogP contribution in [0.2, 0.25) is 0 Å². The van der Waals surface area contributed by atoms with Crippen LogP contribution in [-0.2, 0) is 6.18 Å². The molecule has 0 radical (unpaired) electrons. The van der Waals surface area contributed by atoms with Gasteiger partial charge in [-0.15, -0.1) is 0 Å². The van der Waals surface area contributed by atoms with Crippen LogP contribution in [0.3, 0.4) is 0 Å². The average molecular weight is 277 g/mol. The quantitative estimate of drug-likeness (QED) is 0.840. The Kier molecular flexibility index (Phi) is 4.89. The van der Waals surface area contributed by atoms with E-state index in [-0.39, 0.29) is 0 Å². The topological polar surface area (TPSA) is 42.1 Å². The molecule has 18 heavy (non-hydrogen) atoms. The molecule has 0 spiro atoms. The maximum absolute atomic E-state index is 12.4. The van der Waals surface area contributed by atoms with Gasteiger partial charge in [0.15, 0.2) is 0 Å². The summed E-state index contributed by atoms with van der Waals surface area (Å²) in [5.74, 6) is 0.488. The van der Waals surface area contributed by atoms with Crippen LogP contribution in [0.4, 0.5) is 19.0 Å². The number of anilines is 1. The summed E-state index contributed by atoms with van der Waals surface area (Å²) in [6, 6.07) is 2.37. The maximum atomic E-state index is 12.4. The van der Waals surface area contributed by atoms with Crippen LogP contribution in [0, 0.1) is 0 Å². The van der Waals surface area contributed by atoms with Crippen molar-refractivity contribution in [3.8, 4) is 0 Å². The van der Waals surface area contributed by atoms with Gasteiger partial charge in [-0.25, -0.2) is 4.98 Å². The van der Waals surface area contributed by atoms with Gasteiger partial charge in [-0.2, -0.15) is 13.2 Å². The Bertz CT molecular complexity index is 403. The number of aromatic nitrogens is 1. The SMILES string of the molecule is CCN(CCC(N)=S)c1ccc(C(F)(F)F)cn1. The fraction of sp³-hybridized carbons (Fsp3) is 0.455. The van der Waals surface area contributed by atoms with Gasteiger partial charge in [0.2, 0.25) is 0 Å². The molecule has 0 fully saturated rings. The van der Waals surface area contributed by atoms with Gasteiger partial charge >= 0.3 is 6.18 Å². The highest BCUT2D eigenvalue weighted by Gasteiger charge is 2.30. The highest BCUT2D eigenvalue weighted by atomic mass is 32.1. The number of thiocarbonyl (C=S) groups is 1. The zero-order chi connectivity index (χ0) is 13.8. The van der Waals surface area contributed by atoms with E-state index in [1.54, 1.807) is 0 Å². The molecule has 100 valence electrons. The lowest BCUT2D eigenvalue weighted by atomic mass is 10.2. The minimum Gasteiger partial charge on any atom is -0.393 e. The van der Waals surface area contributed by atoms with Gasteiger partial charge in [-0.1, -0.05) is 12.2 Å². The Morgan fingerprint density at radius 2 is 2.11 bits per heavy atom. The molecule has 1 rings (SSSR count). The average Bonchev–Trinajstić information content (AvgIpc) is 2.29. The number of pyridine rings is 1. The third kappa shape index (κ3) is 4.14. The number of rotatable bonds is 5. The number of alkyl halides is 3. The Labute approximate surface area is 109 Å². The van der Waals surface area contributed by atoms with Crippen LogP contribution in [0.5, 0.6) is 0 Å². The number of hydrogen-bond acceptors (Lipinski definition) is 3. The van der Waals surface area contributed by atoms with E-state index in [4.69, 9.17) is 18.0 Å². The number of halogens is 3. The predicted octanol–water partition coefficient (Wildman–Crippen LogP) is 2.60. The summed E-state index contributed by atoms with van der Waals surface area (Å²) in [6.45, 7) is 3.06. The van der Waals surface area contributed by atoms with Crippen LogP contribution in [0.25, 0.3) is 0 Å². The molecule has 0 saturated carbocycles. The fourth-order valence-electron chi connectivity index (χ4n) is 1.42. The Hall–Kier alpha value is -1.37. The normalized spacial score (nSPS) is 11.3. The highest BCUT2D eigenvalue weighted by molar-refractivity contribution is 7.80. The third-order valence-corrected chi connectivity index (χ3v) is 2.61. The van der Waals surface area contributed by atoms with Gasteiger partial charge < -0.3 is 10.6 Å². The molecule has 1 heterocycles. The summed E-state index contributed by atoms with van der Waals surface area (Å²) in [5.41, 5.74) is 4.64. The van der Waals surface area contributed by atoms with Gasteiger partial charge in [0, 0.05) is 25.7 Å². The molecule has 0 atom stereocenters.